The normalized spacial score (nSPS) is 15.8. The van der Waals surface area contributed by atoms with E-state index < -0.39 is 9.85 Å². The first-order valence-corrected chi connectivity index (χ1v) is 9.08. The molecule has 7 nitrogen and oxygen atoms in total. The average Bonchev–Trinajstić information content (AvgIpc) is 2.73. The van der Waals surface area contributed by atoms with E-state index in [0.29, 0.717) is 12.2 Å². The SMILES string of the molecule is C=Cc1ccc2c3c(cc/c(=C/C)c13)=C[NH+](c1ccc([N+](=O)[O-])cc1[N+](=O)[O-])C2. The van der Waals surface area contributed by atoms with Gasteiger partial charge in [-0.2, -0.15) is 0 Å². The predicted molar refractivity (Wildman–Crippen MR) is 112 cm³/mol. The van der Waals surface area contributed by atoms with Crippen LogP contribution in [0.2, 0.25) is 0 Å². The second kappa shape index (κ2) is 6.96. The Morgan fingerprint density at radius 1 is 1.03 bits per heavy atom. The molecule has 29 heavy (non-hydrogen) atoms. The Morgan fingerprint density at radius 2 is 1.83 bits per heavy atom. The summed E-state index contributed by atoms with van der Waals surface area (Å²) in [5.74, 6) is 0. The zero-order chi connectivity index (χ0) is 20.7. The van der Waals surface area contributed by atoms with Crippen molar-refractivity contribution in [1.82, 2.24) is 0 Å². The van der Waals surface area contributed by atoms with E-state index in [9.17, 15) is 20.2 Å². The van der Waals surface area contributed by atoms with Crippen molar-refractivity contribution < 1.29 is 14.7 Å². The molecule has 0 aliphatic carbocycles. The predicted octanol–water partition coefficient (Wildman–Crippen LogP) is 2.57. The summed E-state index contributed by atoms with van der Waals surface area (Å²) < 4.78 is 0. The Labute approximate surface area is 165 Å². The topological polar surface area (TPSA) is 90.7 Å². The van der Waals surface area contributed by atoms with Crippen LogP contribution in [-0.4, -0.2) is 9.85 Å². The lowest BCUT2D eigenvalue weighted by Gasteiger charge is -2.21. The van der Waals surface area contributed by atoms with Crippen LogP contribution >= 0.6 is 0 Å². The van der Waals surface area contributed by atoms with Crippen LogP contribution in [0.1, 0.15) is 18.1 Å². The fourth-order valence-corrected chi connectivity index (χ4v) is 4.00. The molecule has 3 aromatic carbocycles. The Balaban J connectivity index is 1.98. The van der Waals surface area contributed by atoms with Crippen molar-refractivity contribution in [3.05, 3.63) is 90.8 Å². The molecule has 1 aliphatic heterocycles. The fourth-order valence-electron chi connectivity index (χ4n) is 4.00. The van der Waals surface area contributed by atoms with Gasteiger partial charge in [0.15, 0.2) is 0 Å². The highest BCUT2D eigenvalue weighted by Gasteiger charge is 2.29. The lowest BCUT2D eigenvalue weighted by molar-refractivity contribution is -0.762. The zero-order valence-corrected chi connectivity index (χ0v) is 15.7. The molecule has 144 valence electrons. The second-order valence-electron chi connectivity index (χ2n) is 6.86. The summed E-state index contributed by atoms with van der Waals surface area (Å²) >= 11 is 0. The third kappa shape index (κ3) is 2.97. The number of rotatable bonds is 4. The minimum atomic E-state index is -0.623. The summed E-state index contributed by atoms with van der Waals surface area (Å²) in [6, 6.07) is 11.9. The number of nitro benzene ring substituents is 2. The highest BCUT2D eigenvalue weighted by molar-refractivity contribution is 5.94. The summed E-state index contributed by atoms with van der Waals surface area (Å²) in [6.07, 6.45) is 5.82. The van der Waals surface area contributed by atoms with Crippen molar-refractivity contribution in [1.29, 1.82) is 0 Å². The lowest BCUT2D eigenvalue weighted by Crippen LogP contribution is -3.01. The molecule has 1 heterocycles. The van der Waals surface area contributed by atoms with Gasteiger partial charge in [0.05, 0.1) is 9.85 Å². The van der Waals surface area contributed by atoms with E-state index in [4.69, 9.17) is 0 Å². The van der Waals surface area contributed by atoms with Gasteiger partial charge in [-0.3, -0.25) is 25.1 Å². The molecule has 4 rings (SSSR count). The zero-order valence-electron chi connectivity index (χ0n) is 15.7. The van der Waals surface area contributed by atoms with Crippen LogP contribution in [0.3, 0.4) is 0 Å². The smallest absolute Gasteiger partial charge is 0.266 e. The minimum Gasteiger partial charge on any atom is -0.266 e. The van der Waals surface area contributed by atoms with Crippen LogP contribution in [0.15, 0.2) is 49.0 Å². The van der Waals surface area contributed by atoms with Crippen molar-refractivity contribution in [2.75, 3.05) is 0 Å². The third-order valence-corrected chi connectivity index (χ3v) is 5.32. The minimum absolute atomic E-state index is 0.258. The molecule has 3 aromatic rings. The van der Waals surface area contributed by atoms with Gasteiger partial charge in [0.25, 0.3) is 5.69 Å². The molecule has 0 amide bonds. The maximum atomic E-state index is 11.6. The summed E-state index contributed by atoms with van der Waals surface area (Å²) in [5.41, 5.74) is 1.95. The van der Waals surface area contributed by atoms with Gasteiger partial charge in [-0.25, -0.2) is 0 Å². The van der Waals surface area contributed by atoms with E-state index in [1.807, 2.05) is 43.5 Å². The van der Waals surface area contributed by atoms with Gasteiger partial charge in [0.1, 0.15) is 18.8 Å². The number of nitrogens with zero attached hydrogens (tertiary/aromatic N) is 2. The molecule has 1 aliphatic rings. The number of non-ortho nitro benzene ring substituents is 1. The Kier molecular flexibility index (Phi) is 4.44. The molecule has 0 bridgehead atoms. The molecule has 1 unspecified atom stereocenters. The number of nitrogens with one attached hydrogen (secondary N) is 1. The van der Waals surface area contributed by atoms with Crippen molar-refractivity contribution in [2.45, 2.75) is 13.5 Å². The quantitative estimate of drug-likeness (QED) is 0.549. The maximum absolute atomic E-state index is 11.6. The molecule has 0 fully saturated rings. The van der Waals surface area contributed by atoms with Crippen molar-refractivity contribution in [2.24, 2.45) is 0 Å². The van der Waals surface area contributed by atoms with Crippen LogP contribution < -0.4 is 15.3 Å². The van der Waals surface area contributed by atoms with Crippen molar-refractivity contribution in [3.8, 4) is 0 Å². The van der Waals surface area contributed by atoms with Crippen LogP contribution in [0.4, 0.5) is 17.1 Å². The maximum Gasteiger partial charge on any atom is 0.336 e. The van der Waals surface area contributed by atoms with E-state index >= 15 is 0 Å². The number of nitro groups is 2. The van der Waals surface area contributed by atoms with Crippen LogP contribution in [0.5, 0.6) is 0 Å². The Morgan fingerprint density at radius 3 is 2.48 bits per heavy atom. The van der Waals surface area contributed by atoms with E-state index in [2.05, 4.69) is 12.7 Å². The van der Waals surface area contributed by atoms with Gasteiger partial charge < -0.3 is 0 Å². The monoisotopic (exact) mass is 388 g/mol. The molecule has 1 atom stereocenters. The Hall–Kier alpha value is -3.84. The Bertz CT molecular complexity index is 1330. The largest absolute Gasteiger partial charge is 0.336 e. The first-order chi connectivity index (χ1) is 13.9. The summed E-state index contributed by atoms with van der Waals surface area (Å²) in [7, 11) is 0. The third-order valence-electron chi connectivity index (χ3n) is 5.32. The number of hydrogen-bond acceptors (Lipinski definition) is 4. The molecule has 7 heteroatoms. The molecule has 0 saturated carbocycles. The molecular weight excluding hydrogens is 370 g/mol. The standard InChI is InChI=1S/C22H17N3O4/c1-3-14-5-7-16-12-23(13-17-8-6-15(4-2)21(14)22(16)17)19-10-9-18(24(26)27)11-20(19)25(28)29/h3-11,13H,1,12H2,2H3/p+1/b15-4-. The summed E-state index contributed by atoms with van der Waals surface area (Å²) in [4.78, 5) is 22.2. The average molecular weight is 388 g/mol. The van der Waals surface area contributed by atoms with E-state index in [0.717, 1.165) is 43.3 Å². The summed E-state index contributed by atoms with van der Waals surface area (Å²) in [6.45, 7) is 6.41. The van der Waals surface area contributed by atoms with Gasteiger partial charge in [0.2, 0.25) is 5.69 Å². The van der Waals surface area contributed by atoms with Gasteiger partial charge >= 0.3 is 5.69 Å². The van der Waals surface area contributed by atoms with E-state index in [1.54, 1.807) is 0 Å². The second-order valence-corrected chi connectivity index (χ2v) is 6.86. The van der Waals surface area contributed by atoms with Crippen LogP contribution in [0.25, 0.3) is 29.1 Å². The van der Waals surface area contributed by atoms with E-state index in [-0.39, 0.29) is 11.4 Å². The van der Waals surface area contributed by atoms with E-state index in [1.165, 1.54) is 12.1 Å². The van der Waals surface area contributed by atoms with Gasteiger partial charge in [-0.1, -0.05) is 36.9 Å². The van der Waals surface area contributed by atoms with Crippen LogP contribution in [0, 0.1) is 20.2 Å². The molecular formula is C22H18N3O4+. The molecule has 0 radical (unpaired) electrons. The highest BCUT2D eigenvalue weighted by atomic mass is 16.6. The highest BCUT2D eigenvalue weighted by Crippen LogP contribution is 2.27. The number of hydrogen-bond donors (Lipinski definition) is 1. The van der Waals surface area contributed by atoms with Crippen molar-refractivity contribution in [3.63, 3.8) is 0 Å². The first kappa shape index (κ1) is 18.5. The molecule has 0 saturated heterocycles. The molecule has 0 aromatic heterocycles. The first-order valence-electron chi connectivity index (χ1n) is 9.08. The molecule has 1 N–H and O–H groups in total. The van der Waals surface area contributed by atoms with Gasteiger partial charge in [-0.15, -0.1) is 0 Å². The van der Waals surface area contributed by atoms with Crippen LogP contribution in [-0.2, 0) is 6.54 Å². The van der Waals surface area contributed by atoms with Crippen molar-refractivity contribution >= 4 is 46.2 Å². The lowest BCUT2D eigenvalue weighted by atomic mass is 9.94. The van der Waals surface area contributed by atoms with Gasteiger partial charge in [-0.05, 0) is 29.2 Å². The number of quaternary nitrogens is 1. The summed E-state index contributed by atoms with van der Waals surface area (Å²) in [5, 5.41) is 26.9. The fraction of sp³-hybridized carbons (Fsp3) is 0.0909. The number of benzene rings is 3. The molecule has 0 spiro atoms. The van der Waals surface area contributed by atoms with Gasteiger partial charge in [0, 0.05) is 28.3 Å².